The molecule has 1 atom stereocenters. The van der Waals surface area contributed by atoms with Gasteiger partial charge >= 0.3 is 5.97 Å². The fourth-order valence-corrected chi connectivity index (χ4v) is 3.58. The Morgan fingerprint density at radius 3 is 2.85 bits per heavy atom. The number of carbonyl (C=O) groups excluding carboxylic acids is 2. The topological polar surface area (TPSA) is 55.8 Å². The number of amides is 1. The van der Waals surface area contributed by atoms with Gasteiger partial charge in [-0.3, -0.25) is 4.79 Å². The van der Waals surface area contributed by atoms with Crippen LogP contribution < -0.4 is 0 Å². The van der Waals surface area contributed by atoms with Crippen molar-refractivity contribution >= 4 is 29.3 Å². The largest absolute Gasteiger partial charge is 0.452 e. The zero-order chi connectivity index (χ0) is 18.4. The lowest BCUT2D eigenvalue weighted by Crippen LogP contribution is -2.46. The van der Waals surface area contributed by atoms with Crippen LogP contribution in [0.15, 0.2) is 48.5 Å². The molecule has 2 heterocycles. The highest BCUT2D eigenvalue weighted by Crippen LogP contribution is 2.28. The molecule has 0 N–H and O–H groups in total. The number of carbonyl (C=O) groups is 2. The van der Waals surface area contributed by atoms with Gasteiger partial charge in [-0.1, -0.05) is 30.3 Å². The number of thiophene rings is 1. The maximum absolute atomic E-state index is 12.1. The number of rotatable bonds is 5. The molecule has 1 fully saturated rings. The average Bonchev–Trinajstić information content (AvgIpc) is 3.14. The molecule has 1 amide bonds. The molecule has 0 aliphatic carbocycles. The minimum Gasteiger partial charge on any atom is -0.452 e. The summed E-state index contributed by atoms with van der Waals surface area (Å²) in [5, 5.41) is 0. The third-order valence-electron chi connectivity index (χ3n) is 4.00. The van der Waals surface area contributed by atoms with E-state index in [4.69, 9.17) is 9.47 Å². The van der Waals surface area contributed by atoms with Crippen molar-refractivity contribution in [2.75, 3.05) is 26.3 Å². The molecule has 1 aliphatic heterocycles. The predicted molar refractivity (Wildman–Crippen MR) is 102 cm³/mol. The normalized spacial score (nSPS) is 17.4. The quantitative estimate of drug-likeness (QED) is 0.598. The molecule has 1 aliphatic rings. The minimum absolute atomic E-state index is 0.0148. The number of morpholine rings is 1. The maximum Gasteiger partial charge on any atom is 0.331 e. The van der Waals surface area contributed by atoms with Gasteiger partial charge in [0.25, 0.3) is 5.91 Å². The standard InChI is InChI=1S/C20H21NO4S/c1-15-13-21(11-12-24-15)19(22)14-25-20(23)10-8-17-7-9-18(26-17)16-5-3-2-4-6-16/h2-10,15H,11-14H2,1H3/b10-8+. The van der Waals surface area contributed by atoms with Gasteiger partial charge in [-0.2, -0.15) is 0 Å². The second-order valence-electron chi connectivity index (χ2n) is 6.03. The Labute approximate surface area is 156 Å². The molecule has 6 heteroatoms. The highest BCUT2D eigenvalue weighted by Gasteiger charge is 2.21. The molecule has 1 unspecified atom stereocenters. The highest BCUT2D eigenvalue weighted by atomic mass is 32.1. The first-order valence-electron chi connectivity index (χ1n) is 8.51. The Kier molecular flexibility index (Phi) is 6.20. The summed E-state index contributed by atoms with van der Waals surface area (Å²) in [5.74, 6) is -0.710. The number of ether oxygens (including phenoxy) is 2. The highest BCUT2D eigenvalue weighted by molar-refractivity contribution is 7.16. The monoisotopic (exact) mass is 371 g/mol. The second kappa shape index (κ2) is 8.78. The Balaban J connectivity index is 1.49. The van der Waals surface area contributed by atoms with E-state index in [0.717, 1.165) is 15.3 Å². The fraction of sp³-hybridized carbons (Fsp3) is 0.300. The van der Waals surface area contributed by atoms with Gasteiger partial charge in [-0.25, -0.2) is 4.79 Å². The van der Waals surface area contributed by atoms with Crippen LogP contribution in [0.3, 0.4) is 0 Å². The molecule has 0 radical (unpaired) electrons. The number of benzene rings is 1. The van der Waals surface area contributed by atoms with Crippen molar-refractivity contribution in [2.45, 2.75) is 13.0 Å². The first-order valence-corrected chi connectivity index (χ1v) is 9.33. The van der Waals surface area contributed by atoms with Crippen molar-refractivity contribution in [3.05, 3.63) is 53.4 Å². The fourth-order valence-electron chi connectivity index (χ4n) is 2.67. The molecule has 2 aromatic rings. The van der Waals surface area contributed by atoms with E-state index in [1.165, 1.54) is 6.08 Å². The number of esters is 1. The molecule has 1 saturated heterocycles. The lowest BCUT2D eigenvalue weighted by atomic mass is 10.2. The van der Waals surface area contributed by atoms with Crippen LogP contribution in [0, 0.1) is 0 Å². The molecule has 0 saturated carbocycles. The van der Waals surface area contributed by atoms with E-state index in [0.29, 0.717) is 19.7 Å². The van der Waals surface area contributed by atoms with E-state index in [2.05, 4.69) is 0 Å². The first kappa shape index (κ1) is 18.4. The SMILES string of the molecule is CC1CN(C(=O)COC(=O)/C=C/c2ccc(-c3ccccc3)s2)CCO1. The smallest absolute Gasteiger partial charge is 0.331 e. The lowest BCUT2D eigenvalue weighted by molar-refractivity contribution is -0.151. The molecule has 3 rings (SSSR count). The predicted octanol–water partition coefficient (Wildman–Crippen LogP) is 3.22. The first-order chi connectivity index (χ1) is 12.6. The van der Waals surface area contributed by atoms with Crippen LogP contribution in [0.4, 0.5) is 0 Å². The van der Waals surface area contributed by atoms with Crippen LogP contribution in [0.5, 0.6) is 0 Å². The number of nitrogens with zero attached hydrogens (tertiary/aromatic N) is 1. The summed E-state index contributed by atoms with van der Waals surface area (Å²) in [4.78, 5) is 27.6. The van der Waals surface area contributed by atoms with E-state index in [1.54, 1.807) is 22.3 Å². The van der Waals surface area contributed by atoms with Crippen molar-refractivity contribution in [2.24, 2.45) is 0 Å². The van der Waals surface area contributed by atoms with Crippen LogP contribution >= 0.6 is 11.3 Å². The van der Waals surface area contributed by atoms with Crippen LogP contribution in [0.1, 0.15) is 11.8 Å². The summed E-state index contributed by atoms with van der Waals surface area (Å²) in [5.41, 5.74) is 1.14. The average molecular weight is 371 g/mol. The molecule has 0 spiro atoms. The summed E-state index contributed by atoms with van der Waals surface area (Å²) in [6.07, 6.45) is 3.08. The van der Waals surface area contributed by atoms with E-state index < -0.39 is 5.97 Å². The van der Waals surface area contributed by atoms with E-state index in [9.17, 15) is 9.59 Å². The zero-order valence-electron chi connectivity index (χ0n) is 14.6. The van der Waals surface area contributed by atoms with Crippen molar-refractivity contribution in [1.29, 1.82) is 0 Å². The van der Waals surface area contributed by atoms with Gasteiger partial charge in [-0.15, -0.1) is 11.3 Å². The van der Waals surface area contributed by atoms with Crippen LogP contribution in [0.2, 0.25) is 0 Å². The second-order valence-corrected chi connectivity index (χ2v) is 7.15. The molecular formula is C20H21NO4S. The van der Waals surface area contributed by atoms with Gasteiger partial charge < -0.3 is 14.4 Å². The maximum atomic E-state index is 12.1. The minimum atomic E-state index is -0.519. The Morgan fingerprint density at radius 1 is 1.27 bits per heavy atom. The van der Waals surface area contributed by atoms with E-state index >= 15 is 0 Å². The third kappa shape index (κ3) is 5.03. The third-order valence-corrected chi connectivity index (χ3v) is 5.10. The molecule has 0 bridgehead atoms. The van der Waals surface area contributed by atoms with Gasteiger partial charge in [0.15, 0.2) is 6.61 Å². The summed E-state index contributed by atoms with van der Waals surface area (Å²) in [7, 11) is 0. The summed E-state index contributed by atoms with van der Waals surface area (Å²) >= 11 is 1.59. The molecule has 1 aromatic heterocycles. The molecular weight excluding hydrogens is 350 g/mol. The van der Waals surface area contributed by atoms with Gasteiger partial charge in [0.05, 0.1) is 12.7 Å². The van der Waals surface area contributed by atoms with Gasteiger partial charge in [0.2, 0.25) is 0 Å². The number of hydrogen-bond donors (Lipinski definition) is 0. The van der Waals surface area contributed by atoms with Crippen molar-refractivity contribution < 1.29 is 19.1 Å². The number of hydrogen-bond acceptors (Lipinski definition) is 5. The Hall–Kier alpha value is -2.44. The van der Waals surface area contributed by atoms with Crippen LogP contribution in [0.25, 0.3) is 16.5 Å². The van der Waals surface area contributed by atoms with Crippen LogP contribution in [-0.2, 0) is 19.1 Å². The lowest BCUT2D eigenvalue weighted by Gasteiger charge is -2.30. The zero-order valence-corrected chi connectivity index (χ0v) is 15.4. The summed E-state index contributed by atoms with van der Waals surface area (Å²) < 4.78 is 10.4. The van der Waals surface area contributed by atoms with Gasteiger partial charge in [0, 0.05) is 28.9 Å². The Morgan fingerprint density at radius 2 is 2.08 bits per heavy atom. The molecule has 136 valence electrons. The Bertz CT molecular complexity index is 784. The molecule has 26 heavy (non-hydrogen) atoms. The molecule has 1 aromatic carbocycles. The van der Waals surface area contributed by atoms with Crippen molar-refractivity contribution in [3.8, 4) is 10.4 Å². The van der Waals surface area contributed by atoms with Gasteiger partial charge in [-0.05, 0) is 30.7 Å². The van der Waals surface area contributed by atoms with Crippen LogP contribution in [-0.4, -0.2) is 49.2 Å². The summed E-state index contributed by atoms with van der Waals surface area (Å²) in [6.45, 7) is 3.26. The molecule has 5 nitrogen and oxygen atoms in total. The van der Waals surface area contributed by atoms with Crippen molar-refractivity contribution in [3.63, 3.8) is 0 Å². The van der Waals surface area contributed by atoms with E-state index in [-0.39, 0.29) is 18.6 Å². The summed E-state index contributed by atoms with van der Waals surface area (Å²) in [6, 6.07) is 14.0. The van der Waals surface area contributed by atoms with Gasteiger partial charge in [0.1, 0.15) is 0 Å². The van der Waals surface area contributed by atoms with Crippen molar-refractivity contribution in [1.82, 2.24) is 4.90 Å². The van der Waals surface area contributed by atoms with E-state index in [1.807, 2.05) is 49.4 Å².